The van der Waals surface area contributed by atoms with Crippen LogP contribution in [0, 0.1) is 0 Å². The minimum absolute atomic E-state index is 0.549. The van der Waals surface area contributed by atoms with Gasteiger partial charge in [-0.3, -0.25) is 4.99 Å². The van der Waals surface area contributed by atoms with E-state index in [1.165, 1.54) is 5.56 Å². The second-order valence-corrected chi connectivity index (χ2v) is 5.99. The highest BCUT2D eigenvalue weighted by Crippen LogP contribution is 2.23. The van der Waals surface area contributed by atoms with E-state index in [-0.39, 0.29) is 0 Å². The molecule has 0 radical (unpaired) electrons. The SMILES string of the molecule is CC(C)c1ccc(C=Nc2ccc(Oc3ccccc3)cc2)cc1. The van der Waals surface area contributed by atoms with E-state index in [9.17, 15) is 0 Å². The van der Waals surface area contributed by atoms with Gasteiger partial charge in [0.15, 0.2) is 0 Å². The van der Waals surface area contributed by atoms with Gasteiger partial charge in [-0.25, -0.2) is 0 Å². The van der Waals surface area contributed by atoms with Crippen LogP contribution in [0.15, 0.2) is 83.9 Å². The van der Waals surface area contributed by atoms with Crippen LogP contribution in [0.3, 0.4) is 0 Å². The van der Waals surface area contributed by atoms with Gasteiger partial charge < -0.3 is 4.74 Å². The summed E-state index contributed by atoms with van der Waals surface area (Å²) in [6.45, 7) is 4.39. The fraction of sp³-hybridized carbons (Fsp3) is 0.136. The van der Waals surface area contributed by atoms with Crippen molar-refractivity contribution in [1.82, 2.24) is 0 Å². The number of rotatable bonds is 5. The Labute approximate surface area is 143 Å². The Kier molecular flexibility index (Phi) is 5.07. The first-order valence-electron chi connectivity index (χ1n) is 8.18. The van der Waals surface area contributed by atoms with E-state index in [1.54, 1.807) is 0 Å². The molecule has 0 unspecified atom stereocenters. The molecule has 0 amide bonds. The zero-order valence-electron chi connectivity index (χ0n) is 14.0. The molecular weight excluding hydrogens is 294 g/mol. The molecule has 0 aliphatic rings. The standard InChI is InChI=1S/C22H21NO/c1-17(2)19-10-8-18(9-11-19)16-23-20-12-14-22(15-13-20)24-21-6-4-3-5-7-21/h3-17H,1-2H3. The summed E-state index contributed by atoms with van der Waals surface area (Å²) in [4.78, 5) is 4.52. The molecule has 0 bridgehead atoms. The number of nitrogens with zero attached hydrogens (tertiary/aromatic N) is 1. The summed E-state index contributed by atoms with van der Waals surface area (Å²) in [5.41, 5.74) is 3.35. The van der Waals surface area contributed by atoms with Gasteiger partial charge in [0.25, 0.3) is 0 Å². The third-order valence-electron chi connectivity index (χ3n) is 3.78. The summed E-state index contributed by atoms with van der Waals surface area (Å²) in [7, 11) is 0. The summed E-state index contributed by atoms with van der Waals surface area (Å²) >= 11 is 0. The molecule has 2 nitrogen and oxygen atoms in total. The van der Waals surface area contributed by atoms with Crippen LogP contribution in [0.2, 0.25) is 0 Å². The Hall–Kier alpha value is -2.87. The van der Waals surface area contributed by atoms with Gasteiger partial charge in [-0.15, -0.1) is 0 Å². The summed E-state index contributed by atoms with van der Waals surface area (Å²) in [5.74, 6) is 2.19. The number of ether oxygens (including phenoxy) is 1. The van der Waals surface area contributed by atoms with Crippen LogP contribution >= 0.6 is 0 Å². The third-order valence-corrected chi connectivity index (χ3v) is 3.78. The lowest BCUT2D eigenvalue weighted by Gasteiger charge is -2.05. The molecule has 3 rings (SSSR count). The molecule has 3 aromatic rings. The van der Waals surface area contributed by atoms with E-state index in [2.05, 4.69) is 43.1 Å². The summed E-state index contributed by atoms with van der Waals surface area (Å²) in [6, 6.07) is 26.1. The Morgan fingerprint density at radius 3 is 2.00 bits per heavy atom. The molecule has 2 heteroatoms. The second kappa shape index (κ2) is 7.60. The average Bonchev–Trinajstić information content (AvgIpc) is 2.62. The van der Waals surface area contributed by atoms with Gasteiger partial charge in [-0.05, 0) is 53.4 Å². The predicted molar refractivity (Wildman–Crippen MR) is 101 cm³/mol. The summed E-state index contributed by atoms with van der Waals surface area (Å²) in [6.07, 6.45) is 1.89. The van der Waals surface area contributed by atoms with Gasteiger partial charge in [-0.2, -0.15) is 0 Å². The molecule has 0 spiro atoms. The first kappa shape index (κ1) is 16.0. The molecule has 0 aliphatic carbocycles. The van der Waals surface area contributed by atoms with Crippen LogP contribution in [0.5, 0.6) is 11.5 Å². The molecule has 0 saturated heterocycles. The van der Waals surface area contributed by atoms with Crippen molar-refractivity contribution in [2.24, 2.45) is 4.99 Å². The summed E-state index contributed by atoms with van der Waals surface area (Å²) in [5, 5.41) is 0. The van der Waals surface area contributed by atoms with Gasteiger partial charge in [0.2, 0.25) is 0 Å². The first-order valence-corrected chi connectivity index (χ1v) is 8.18. The van der Waals surface area contributed by atoms with Crippen molar-refractivity contribution in [3.05, 3.63) is 90.0 Å². The molecule has 0 saturated carbocycles. The van der Waals surface area contributed by atoms with E-state index in [0.717, 1.165) is 22.7 Å². The van der Waals surface area contributed by atoms with Gasteiger partial charge >= 0.3 is 0 Å². The molecule has 24 heavy (non-hydrogen) atoms. The van der Waals surface area contributed by atoms with E-state index in [0.29, 0.717) is 5.92 Å². The van der Waals surface area contributed by atoms with Crippen molar-refractivity contribution in [1.29, 1.82) is 0 Å². The minimum Gasteiger partial charge on any atom is -0.457 e. The maximum atomic E-state index is 5.78. The lowest BCUT2D eigenvalue weighted by Crippen LogP contribution is -1.88. The molecule has 3 aromatic carbocycles. The predicted octanol–water partition coefficient (Wildman–Crippen LogP) is 6.35. The van der Waals surface area contributed by atoms with Gasteiger partial charge in [0, 0.05) is 6.21 Å². The van der Waals surface area contributed by atoms with E-state index < -0.39 is 0 Å². The molecule has 0 N–H and O–H groups in total. The zero-order valence-corrected chi connectivity index (χ0v) is 14.0. The molecule has 0 heterocycles. The largest absolute Gasteiger partial charge is 0.457 e. The quantitative estimate of drug-likeness (QED) is 0.502. The Morgan fingerprint density at radius 1 is 0.750 bits per heavy atom. The maximum absolute atomic E-state index is 5.78. The van der Waals surface area contributed by atoms with Gasteiger partial charge in [0.1, 0.15) is 11.5 Å². The first-order chi connectivity index (χ1) is 11.7. The van der Waals surface area contributed by atoms with E-state index in [4.69, 9.17) is 4.74 Å². The van der Waals surface area contributed by atoms with E-state index >= 15 is 0 Å². The minimum atomic E-state index is 0.549. The summed E-state index contributed by atoms with van der Waals surface area (Å²) < 4.78 is 5.78. The Balaban J connectivity index is 1.65. The molecule has 0 aliphatic heterocycles. The van der Waals surface area contributed by atoms with Gasteiger partial charge in [0.05, 0.1) is 5.69 Å². The average molecular weight is 315 g/mol. The van der Waals surface area contributed by atoms with Gasteiger partial charge in [-0.1, -0.05) is 56.3 Å². The molecule has 0 atom stereocenters. The van der Waals surface area contributed by atoms with Crippen LogP contribution in [-0.2, 0) is 0 Å². The smallest absolute Gasteiger partial charge is 0.127 e. The zero-order chi connectivity index (χ0) is 16.8. The van der Waals surface area contributed by atoms with Crippen molar-refractivity contribution in [3.8, 4) is 11.5 Å². The van der Waals surface area contributed by atoms with Crippen LogP contribution in [0.25, 0.3) is 0 Å². The number of hydrogen-bond acceptors (Lipinski definition) is 2. The van der Waals surface area contributed by atoms with Crippen LogP contribution < -0.4 is 4.74 Å². The molecule has 120 valence electrons. The second-order valence-electron chi connectivity index (χ2n) is 5.99. The lowest BCUT2D eigenvalue weighted by atomic mass is 10.0. The number of hydrogen-bond donors (Lipinski definition) is 0. The number of para-hydroxylation sites is 1. The van der Waals surface area contributed by atoms with Crippen molar-refractivity contribution < 1.29 is 4.74 Å². The molecule has 0 fully saturated rings. The molecule has 0 aromatic heterocycles. The highest BCUT2D eigenvalue weighted by Gasteiger charge is 1.98. The van der Waals surface area contributed by atoms with E-state index in [1.807, 2.05) is 60.8 Å². The Bertz CT molecular complexity index is 788. The van der Waals surface area contributed by atoms with Crippen molar-refractivity contribution >= 4 is 11.9 Å². The topological polar surface area (TPSA) is 21.6 Å². The van der Waals surface area contributed by atoms with Crippen LogP contribution in [-0.4, -0.2) is 6.21 Å². The van der Waals surface area contributed by atoms with Crippen molar-refractivity contribution in [2.45, 2.75) is 19.8 Å². The fourth-order valence-electron chi connectivity index (χ4n) is 2.34. The fourth-order valence-corrected chi connectivity index (χ4v) is 2.34. The Morgan fingerprint density at radius 2 is 1.38 bits per heavy atom. The lowest BCUT2D eigenvalue weighted by molar-refractivity contribution is 0.483. The maximum Gasteiger partial charge on any atom is 0.127 e. The highest BCUT2D eigenvalue weighted by atomic mass is 16.5. The van der Waals surface area contributed by atoms with Crippen LogP contribution in [0.1, 0.15) is 30.9 Å². The number of aliphatic imine (C=N–C) groups is 1. The van der Waals surface area contributed by atoms with Crippen LogP contribution in [0.4, 0.5) is 5.69 Å². The third kappa shape index (κ3) is 4.32. The highest BCUT2D eigenvalue weighted by molar-refractivity contribution is 5.82. The monoisotopic (exact) mass is 315 g/mol. The molecular formula is C22H21NO. The van der Waals surface area contributed by atoms with Crippen molar-refractivity contribution in [2.75, 3.05) is 0 Å². The normalized spacial score (nSPS) is 11.1. The number of benzene rings is 3. The van der Waals surface area contributed by atoms with Crippen molar-refractivity contribution in [3.63, 3.8) is 0 Å².